The van der Waals surface area contributed by atoms with Crippen LogP contribution in [0.1, 0.15) is 99.3 Å². The van der Waals surface area contributed by atoms with Crippen molar-refractivity contribution in [2.45, 2.75) is 172 Å². The zero-order valence-corrected chi connectivity index (χ0v) is 31.9. The van der Waals surface area contributed by atoms with Gasteiger partial charge in [0.15, 0.2) is 12.6 Å². The molecule has 0 aromatic rings. The summed E-state index contributed by atoms with van der Waals surface area (Å²) >= 11 is 0. The van der Waals surface area contributed by atoms with E-state index >= 15 is 0 Å². The van der Waals surface area contributed by atoms with Crippen LogP contribution in [0.25, 0.3) is 0 Å². The van der Waals surface area contributed by atoms with Crippen molar-refractivity contribution < 1.29 is 69.0 Å². The van der Waals surface area contributed by atoms with E-state index in [1.807, 2.05) is 6.92 Å². The molecule has 3 heterocycles. The van der Waals surface area contributed by atoms with Crippen molar-refractivity contribution >= 4 is 11.8 Å². The van der Waals surface area contributed by atoms with Gasteiger partial charge in [-0.05, 0) is 85.4 Å². The van der Waals surface area contributed by atoms with Crippen LogP contribution >= 0.6 is 0 Å². The first-order valence-corrected chi connectivity index (χ1v) is 19.8. The second kappa shape index (κ2) is 13.7. The van der Waals surface area contributed by atoms with E-state index in [1.165, 1.54) is 0 Å². The van der Waals surface area contributed by atoms with Gasteiger partial charge in [-0.15, -0.1) is 0 Å². The summed E-state index contributed by atoms with van der Waals surface area (Å²) in [6, 6.07) is 0. The standard InChI is InChI=1S/C39H62O14/c1-35(2)22-8-13-37(4)23(15-19(42)26-18(7-12-38(26,37)5)39(6)14-10-25(43)53-39)36(22,3)11-9-24(35)51-34-32(30(47)28(45)21(17-41)50-34)52-33-31(48)29(46)27(44)20(16-40)49-33/h18,20-24,26-34,40-41,44-48H,7-17H2,1-6H3/t18-,20+,21+,22-,23+,24-,26-,27+,28+,29-,30-,31+,32+,33-,34-,36-,37+,38+,39+/m0/s1. The predicted molar refractivity (Wildman–Crippen MR) is 184 cm³/mol. The van der Waals surface area contributed by atoms with E-state index in [2.05, 4.69) is 34.6 Å². The van der Waals surface area contributed by atoms with Crippen LogP contribution in [0.5, 0.6) is 0 Å². The topological polar surface area (TPSA) is 222 Å². The maximum Gasteiger partial charge on any atom is 0.306 e. The lowest BCUT2D eigenvalue weighted by Gasteiger charge is -2.69. The molecule has 4 saturated carbocycles. The lowest BCUT2D eigenvalue weighted by Crippen LogP contribution is -2.67. The summed E-state index contributed by atoms with van der Waals surface area (Å²) in [5.74, 6) is 0.238. The molecular formula is C39H62O14. The Bertz CT molecular complexity index is 1410. The first-order valence-electron chi connectivity index (χ1n) is 19.8. The Morgan fingerprint density at radius 2 is 1.30 bits per heavy atom. The predicted octanol–water partition coefficient (Wildman–Crippen LogP) is 0.956. The first-order chi connectivity index (χ1) is 24.8. The van der Waals surface area contributed by atoms with Crippen LogP contribution in [0.4, 0.5) is 0 Å². The third-order valence-electron chi connectivity index (χ3n) is 16.3. The van der Waals surface area contributed by atoms with Crippen LogP contribution < -0.4 is 0 Å². The second-order valence-corrected chi connectivity index (χ2v) is 19.1. The van der Waals surface area contributed by atoms with Gasteiger partial charge in [0.25, 0.3) is 0 Å². The molecule has 7 aliphatic rings. The SMILES string of the molecule is CC1(C)[C@@H](O[C@@H]2O[C@H](CO)[C@@H](O)[C@H](O)[C@H]2O[C@@H]2O[C@H](CO)[C@@H](O)[C@H](O)[C@H]2O)CC[C@]2(C)[C@H]3CC(=O)[C@@H]4[C@@H]([C@@]5(C)CCC(=O)O5)CC[C@@]4(C)[C@]3(C)CC[C@@H]12. The minimum atomic E-state index is -1.76. The molecule has 3 saturated heterocycles. The Balaban J connectivity index is 1.12. The van der Waals surface area contributed by atoms with E-state index in [0.29, 0.717) is 25.7 Å². The highest BCUT2D eigenvalue weighted by Crippen LogP contribution is 2.75. The number of hydrogen-bond acceptors (Lipinski definition) is 14. The van der Waals surface area contributed by atoms with Gasteiger partial charge in [-0.25, -0.2) is 0 Å². The second-order valence-electron chi connectivity index (χ2n) is 19.1. The summed E-state index contributed by atoms with van der Waals surface area (Å²) in [5, 5.41) is 73.1. The summed E-state index contributed by atoms with van der Waals surface area (Å²) in [7, 11) is 0. The number of aliphatic hydroxyl groups excluding tert-OH is 7. The monoisotopic (exact) mass is 754 g/mol. The van der Waals surface area contributed by atoms with Crippen molar-refractivity contribution in [1.29, 1.82) is 0 Å². The van der Waals surface area contributed by atoms with Gasteiger partial charge in [0, 0.05) is 24.7 Å². The Kier molecular flexibility index (Phi) is 10.3. The molecule has 0 aromatic heterocycles. The van der Waals surface area contributed by atoms with Crippen LogP contribution in [0.3, 0.4) is 0 Å². The summed E-state index contributed by atoms with van der Waals surface area (Å²) < 4.78 is 30.2. The van der Waals surface area contributed by atoms with E-state index in [9.17, 15) is 45.3 Å². The number of fused-ring (bicyclic) bond motifs is 5. The average molecular weight is 755 g/mol. The number of ether oxygens (including phenoxy) is 5. The number of esters is 1. The number of Topliss-reactive ketones (excluding diaryl/α,β-unsaturated/α-hetero) is 1. The number of carbonyl (C=O) groups is 2. The molecule has 0 bridgehead atoms. The average Bonchev–Trinajstić information content (AvgIpc) is 3.67. The lowest BCUT2D eigenvalue weighted by molar-refractivity contribution is -0.378. The van der Waals surface area contributed by atoms with Crippen molar-refractivity contribution in [3.05, 3.63) is 0 Å². The summed E-state index contributed by atoms with van der Waals surface area (Å²) in [6.07, 6.45) is -9.15. The van der Waals surface area contributed by atoms with Gasteiger partial charge in [0.2, 0.25) is 0 Å². The molecule has 4 aliphatic carbocycles. The molecule has 53 heavy (non-hydrogen) atoms. The normalized spacial score (nSPS) is 55.2. The van der Waals surface area contributed by atoms with E-state index in [-0.39, 0.29) is 51.7 Å². The Labute approximate surface area is 311 Å². The van der Waals surface area contributed by atoms with Crippen LogP contribution in [-0.4, -0.2) is 134 Å². The minimum absolute atomic E-state index is 0.0144. The molecule has 0 spiro atoms. The molecule has 0 aromatic carbocycles. The molecule has 0 amide bonds. The molecule has 7 N–H and O–H groups in total. The smallest absolute Gasteiger partial charge is 0.306 e. The molecule has 7 rings (SSSR count). The van der Waals surface area contributed by atoms with Gasteiger partial charge in [-0.2, -0.15) is 0 Å². The van der Waals surface area contributed by atoms with E-state index in [4.69, 9.17) is 23.7 Å². The summed E-state index contributed by atoms with van der Waals surface area (Å²) in [5.41, 5.74) is -1.63. The molecular weight excluding hydrogens is 692 g/mol. The Morgan fingerprint density at radius 1 is 0.679 bits per heavy atom. The van der Waals surface area contributed by atoms with E-state index in [1.54, 1.807) is 0 Å². The zero-order valence-electron chi connectivity index (χ0n) is 31.9. The van der Waals surface area contributed by atoms with Crippen molar-refractivity contribution in [1.82, 2.24) is 0 Å². The highest BCUT2D eigenvalue weighted by atomic mass is 16.8. The fourth-order valence-electron chi connectivity index (χ4n) is 13.1. The molecule has 3 aliphatic heterocycles. The fraction of sp³-hybridized carbons (Fsp3) is 0.949. The Hall–Kier alpha value is -1.30. The highest BCUT2D eigenvalue weighted by Gasteiger charge is 2.72. The molecule has 0 unspecified atom stereocenters. The van der Waals surface area contributed by atoms with Gasteiger partial charge in [-0.3, -0.25) is 9.59 Å². The van der Waals surface area contributed by atoms with Crippen LogP contribution in [0.15, 0.2) is 0 Å². The molecule has 302 valence electrons. The van der Waals surface area contributed by atoms with Gasteiger partial charge >= 0.3 is 5.97 Å². The third kappa shape index (κ3) is 5.90. The number of hydrogen-bond donors (Lipinski definition) is 7. The van der Waals surface area contributed by atoms with Gasteiger partial charge < -0.3 is 59.4 Å². The lowest BCUT2D eigenvalue weighted by atomic mass is 9.35. The van der Waals surface area contributed by atoms with Crippen LogP contribution in [0.2, 0.25) is 0 Å². The molecule has 14 nitrogen and oxygen atoms in total. The molecule has 19 atom stereocenters. The fourth-order valence-corrected chi connectivity index (χ4v) is 13.1. The zero-order chi connectivity index (χ0) is 38.6. The summed E-state index contributed by atoms with van der Waals surface area (Å²) in [6.45, 7) is 12.1. The number of ketones is 1. The van der Waals surface area contributed by atoms with Gasteiger partial charge in [0.05, 0.1) is 19.3 Å². The van der Waals surface area contributed by atoms with E-state index in [0.717, 1.165) is 32.1 Å². The van der Waals surface area contributed by atoms with Crippen LogP contribution in [-0.2, 0) is 33.3 Å². The molecule has 7 fully saturated rings. The maximum absolute atomic E-state index is 14.5. The van der Waals surface area contributed by atoms with Crippen LogP contribution in [0, 0.1) is 45.3 Å². The van der Waals surface area contributed by atoms with Crippen molar-refractivity contribution in [2.24, 2.45) is 45.3 Å². The highest BCUT2D eigenvalue weighted by molar-refractivity contribution is 5.85. The summed E-state index contributed by atoms with van der Waals surface area (Å²) in [4.78, 5) is 26.7. The third-order valence-corrected chi connectivity index (χ3v) is 16.3. The number of rotatable bonds is 7. The first kappa shape index (κ1) is 39.9. The van der Waals surface area contributed by atoms with Crippen molar-refractivity contribution in [3.63, 3.8) is 0 Å². The molecule has 14 heteroatoms. The van der Waals surface area contributed by atoms with Crippen molar-refractivity contribution in [3.8, 4) is 0 Å². The minimum Gasteiger partial charge on any atom is -0.459 e. The maximum atomic E-state index is 14.5. The van der Waals surface area contributed by atoms with E-state index < -0.39 is 91.7 Å². The van der Waals surface area contributed by atoms with Gasteiger partial charge in [0.1, 0.15) is 60.2 Å². The molecule has 0 radical (unpaired) electrons. The number of cyclic esters (lactones) is 1. The number of carbonyl (C=O) groups excluding carboxylic acids is 2. The van der Waals surface area contributed by atoms with Gasteiger partial charge in [-0.1, -0.05) is 34.6 Å². The Morgan fingerprint density at radius 3 is 1.92 bits per heavy atom. The van der Waals surface area contributed by atoms with Crippen molar-refractivity contribution in [2.75, 3.05) is 13.2 Å². The largest absolute Gasteiger partial charge is 0.459 e. The number of aliphatic hydroxyl groups is 7. The quantitative estimate of drug-likeness (QED) is 0.142.